The predicted octanol–water partition coefficient (Wildman–Crippen LogP) is 0.284. The van der Waals surface area contributed by atoms with Crippen molar-refractivity contribution in [2.45, 2.75) is 0 Å². The zero-order chi connectivity index (χ0) is 6.69. The third kappa shape index (κ3) is 1.34. The van der Waals surface area contributed by atoms with E-state index >= 15 is 0 Å². The maximum atomic E-state index is 10.7. The van der Waals surface area contributed by atoms with Gasteiger partial charge in [-0.25, -0.2) is 0 Å². The largest absolute Gasteiger partial charge is 0.324 e. The van der Waals surface area contributed by atoms with Crippen LogP contribution in [0.2, 0.25) is 0 Å². The van der Waals surface area contributed by atoms with Crippen LogP contribution in [0.15, 0.2) is 11.4 Å². The highest BCUT2D eigenvalue weighted by molar-refractivity contribution is 7.03. The molecule has 1 heterocycles. The molecule has 0 radical (unpaired) electrons. The van der Waals surface area contributed by atoms with Crippen molar-refractivity contribution in [2.24, 2.45) is 5.73 Å². The molecule has 0 unspecified atom stereocenters. The average molecular weight is 142 g/mol. The van der Waals surface area contributed by atoms with Gasteiger partial charge in [-0.1, -0.05) is 0 Å². The van der Waals surface area contributed by atoms with E-state index in [-0.39, 0.29) is 12.3 Å². The first kappa shape index (κ1) is 6.38. The van der Waals surface area contributed by atoms with Gasteiger partial charge in [-0.15, -0.1) is 0 Å². The molecule has 0 fully saturated rings. The van der Waals surface area contributed by atoms with E-state index in [2.05, 4.69) is 4.37 Å². The lowest BCUT2D eigenvalue weighted by Gasteiger charge is -1.85. The van der Waals surface area contributed by atoms with E-state index in [0.717, 1.165) is 0 Å². The van der Waals surface area contributed by atoms with Crippen LogP contribution in [0, 0.1) is 0 Å². The van der Waals surface area contributed by atoms with Crippen molar-refractivity contribution in [2.75, 3.05) is 6.54 Å². The van der Waals surface area contributed by atoms with Crippen LogP contribution in [0.4, 0.5) is 0 Å². The van der Waals surface area contributed by atoms with Gasteiger partial charge in [0.1, 0.15) is 5.69 Å². The molecule has 4 heteroatoms. The Labute approximate surface area is 56.7 Å². The third-order valence-corrected chi connectivity index (χ3v) is 1.47. The molecule has 0 atom stereocenters. The smallest absolute Gasteiger partial charge is 0.195 e. The van der Waals surface area contributed by atoms with Crippen LogP contribution in [0.1, 0.15) is 10.5 Å². The van der Waals surface area contributed by atoms with Crippen LogP contribution in [0.5, 0.6) is 0 Å². The Morgan fingerprint density at radius 2 is 2.67 bits per heavy atom. The number of hydrogen-bond acceptors (Lipinski definition) is 4. The van der Waals surface area contributed by atoms with Gasteiger partial charge in [0.25, 0.3) is 0 Å². The normalized spacial score (nSPS) is 9.44. The first-order chi connectivity index (χ1) is 4.34. The number of carbonyl (C=O) groups excluding carboxylic acids is 1. The van der Waals surface area contributed by atoms with Crippen LogP contribution in [-0.2, 0) is 0 Å². The number of carbonyl (C=O) groups is 1. The second kappa shape index (κ2) is 2.70. The van der Waals surface area contributed by atoms with Crippen LogP contribution >= 0.6 is 11.5 Å². The van der Waals surface area contributed by atoms with Crippen molar-refractivity contribution in [3.8, 4) is 0 Å². The molecule has 0 aliphatic rings. The number of Topliss-reactive ketones (excluding diaryl/α,β-unsaturated/α-hetero) is 1. The van der Waals surface area contributed by atoms with Gasteiger partial charge in [0, 0.05) is 5.38 Å². The SMILES string of the molecule is NCC(=O)c1ccsn1. The molecule has 2 N–H and O–H groups in total. The first-order valence-corrected chi connectivity index (χ1v) is 3.32. The van der Waals surface area contributed by atoms with Crippen LogP contribution < -0.4 is 5.73 Å². The fourth-order valence-corrected chi connectivity index (χ4v) is 0.988. The van der Waals surface area contributed by atoms with Gasteiger partial charge in [-0.05, 0) is 17.6 Å². The topological polar surface area (TPSA) is 56.0 Å². The second-order valence-corrected chi connectivity index (χ2v) is 2.18. The minimum Gasteiger partial charge on any atom is -0.324 e. The lowest BCUT2D eigenvalue weighted by Crippen LogP contribution is -2.13. The molecule has 1 aromatic rings. The molecule has 0 aromatic carbocycles. The maximum Gasteiger partial charge on any atom is 0.195 e. The molecular weight excluding hydrogens is 136 g/mol. The van der Waals surface area contributed by atoms with Gasteiger partial charge in [0.2, 0.25) is 0 Å². The van der Waals surface area contributed by atoms with Crippen molar-refractivity contribution in [1.82, 2.24) is 4.37 Å². The molecule has 0 amide bonds. The summed E-state index contributed by atoms with van der Waals surface area (Å²) in [5, 5.41) is 1.75. The molecule has 3 nitrogen and oxygen atoms in total. The molecule has 0 aliphatic heterocycles. The fourth-order valence-electron chi connectivity index (χ4n) is 0.461. The van der Waals surface area contributed by atoms with Crippen molar-refractivity contribution in [3.63, 3.8) is 0 Å². The van der Waals surface area contributed by atoms with E-state index in [0.29, 0.717) is 5.69 Å². The Hall–Kier alpha value is -0.740. The second-order valence-electron chi connectivity index (χ2n) is 1.51. The Kier molecular flexibility index (Phi) is 1.92. The molecule has 0 saturated heterocycles. The highest BCUT2D eigenvalue weighted by Crippen LogP contribution is 1.98. The van der Waals surface area contributed by atoms with E-state index in [9.17, 15) is 4.79 Å². The summed E-state index contributed by atoms with van der Waals surface area (Å²) in [5.41, 5.74) is 5.55. The van der Waals surface area contributed by atoms with Gasteiger partial charge in [0.05, 0.1) is 6.54 Å². The number of nitrogens with zero attached hydrogens (tertiary/aromatic N) is 1. The molecule has 0 saturated carbocycles. The van der Waals surface area contributed by atoms with Crippen molar-refractivity contribution < 1.29 is 4.79 Å². The third-order valence-electron chi connectivity index (χ3n) is 0.909. The Bertz CT molecular complexity index is 195. The van der Waals surface area contributed by atoms with Crippen molar-refractivity contribution in [1.29, 1.82) is 0 Å². The molecular formula is C5H6N2OS. The van der Waals surface area contributed by atoms with E-state index in [1.54, 1.807) is 11.4 Å². The Morgan fingerprint density at radius 1 is 1.89 bits per heavy atom. The lowest BCUT2D eigenvalue weighted by molar-refractivity contribution is 0.0998. The van der Waals surface area contributed by atoms with Gasteiger partial charge >= 0.3 is 0 Å². The Balaban J connectivity index is 2.77. The summed E-state index contributed by atoms with van der Waals surface area (Å²) < 4.78 is 3.80. The summed E-state index contributed by atoms with van der Waals surface area (Å²) in [6.07, 6.45) is 0. The van der Waals surface area contributed by atoms with Crippen LogP contribution in [-0.4, -0.2) is 16.7 Å². The highest BCUT2D eigenvalue weighted by atomic mass is 32.1. The molecule has 0 bridgehead atoms. The van der Waals surface area contributed by atoms with Gasteiger partial charge in [-0.2, -0.15) is 4.37 Å². The van der Waals surface area contributed by atoms with E-state index in [4.69, 9.17) is 5.73 Å². The van der Waals surface area contributed by atoms with Gasteiger partial charge in [-0.3, -0.25) is 4.79 Å². The minimum atomic E-state index is -0.101. The van der Waals surface area contributed by atoms with Crippen molar-refractivity contribution in [3.05, 3.63) is 17.1 Å². The molecule has 0 spiro atoms. The standard InChI is InChI=1S/C5H6N2OS/c6-3-5(8)4-1-2-9-7-4/h1-2H,3,6H2. The molecule has 1 rings (SSSR count). The van der Waals surface area contributed by atoms with Crippen LogP contribution in [0.25, 0.3) is 0 Å². The van der Waals surface area contributed by atoms with E-state index in [1.807, 2.05) is 0 Å². The summed E-state index contributed by atoms with van der Waals surface area (Å²) >= 11 is 1.26. The van der Waals surface area contributed by atoms with Gasteiger partial charge in [0.15, 0.2) is 5.78 Å². The minimum absolute atomic E-state index is 0.0454. The molecule has 48 valence electrons. The number of nitrogens with two attached hydrogens (primary N) is 1. The summed E-state index contributed by atoms with van der Waals surface area (Å²) in [6.45, 7) is 0.0454. The number of ketones is 1. The molecule has 1 aromatic heterocycles. The fraction of sp³-hybridized carbons (Fsp3) is 0.200. The van der Waals surface area contributed by atoms with Crippen LogP contribution in [0.3, 0.4) is 0 Å². The monoisotopic (exact) mass is 142 g/mol. The molecule has 9 heavy (non-hydrogen) atoms. The zero-order valence-corrected chi connectivity index (χ0v) is 5.52. The predicted molar refractivity (Wildman–Crippen MR) is 35.5 cm³/mol. The summed E-state index contributed by atoms with van der Waals surface area (Å²) in [7, 11) is 0. The average Bonchev–Trinajstić information content (AvgIpc) is 2.37. The number of aromatic nitrogens is 1. The number of rotatable bonds is 2. The summed E-state index contributed by atoms with van der Waals surface area (Å²) in [5.74, 6) is -0.101. The molecule has 0 aliphatic carbocycles. The quantitative estimate of drug-likeness (QED) is 0.603. The zero-order valence-electron chi connectivity index (χ0n) is 4.70. The first-order valence-electron chi connectivity index (χ1n) is 2.48. The summed E-state index contributed by atoms with van der Waals surface area (Å²) in [6, 6.07) is 1.67. The van der Waals surface area contributed by atoms with E-state index < -0.39 is 0 Å². The summed E-state index contributed by atoms with van der Waals surface area (Å²) in [4.78, 5) is 10.7. The maximum absolute atomic E-state index is 10.7. The Morgan fingerprint density at radius 3 is 3.11 bits per heavy atom. The van der Waals surface area contributed by atoms with Crippen molar-refractivity contribution >= 4 is 17.3 Å². The van der Waals surface area contributed by atoms with Gasteiger partial charge < -0.3 is 5.73 Å². The van der Waals surface area contributed by atoms with E-state index in [1.165, 1.54) is 11.5 Å². The highest BCUT2D eigenvalue weighted by Gasteiger charge is 2.02. The number of hydrogen-bond donors (Lipinski definition) is 1. The lowest BCUT2D eigenvalue weighted by atomic mass is 10.3.